The first-order valence-corrected chi connectivity index (χ1v) is 10.2. The van der Waals surface area contributed by atoms with Gasteiger partial charge in [-0.15, -0.1) is 0 Å². The van der Waals surface area contributed by atoms with Crippen LogP contribution in [0.3, 0.4) is 0 Å². The lowest BCUT2D eigenvalue weighted by molar-refractivity contribution is 0.146. The van der Waals surface area contributed by atoms with E-state index in [0.29, 0.717) is 22.1 Å². The van der Waals surface area contributed by atoms with Crippen molar-refractivity contribution in [3.05, 3.63) is 70.9 Å². The van der Waals surface area contributed by atoms with E-state index in [0.717, 1.165) is 5.56 Å². The predicted octanol–water partition coefficient (Wildman–Crippen LogP) is 6.18. The maximum absolute atomic E-state index is 14.2. The van der Waals surface area contributed by atoms with E-state index in [2.05, 4.69) is 15.1 Å². The van der Waals surface area contributed by atoms with Crippen LogP contribution in [0.2, 0.25) is 10.0 Å². The van der Waals surface area contributed by atoms with Crippen LogP contribution in [0, 0.1) is 11.3 Å². The van der Waals surface area contributed by atoms with E-state index in [1.807, 2.05) is 12.1 Å². The molecule has 0 radical (unpaired) electrons. The van der Waals surface area contributed by atoms with E-state index in [1.165, 1.54) is 15.3 Å². The molecule has 32 heavy (non-hydrogen) atoms. The zero-order valence-electron chi connectivity index (χ0n) is 16.2. The summed E-state index contributed by atoms with van der Waals surface area (Å²) in [5.74, 6) is 0. The molecule has 4 heterocycles. The van der Waals surface area contributed by atoms with Crippen molar-refractivity contribution in [1.82, 2.24) is 24.1 Å². The maximum Gasteiger partial charge on any atom is 0.280 e. The Morgan fingerprint density at radius 3 is 2.59 bits per heavy atom. The summed E-state index contributed by atoms with van der Waals surface area (Å²) in [6.45, 7) is 0.116. The highest BCUT2D eigenvalue weighted by Gasteiger charge is 2.26. The molecule has 0 saturated carbocycles. The lowest BCUT2D eigenvalue weighted by Crippen LogP contribution is -1.96. The van der Waals surface area contributed by atoms with Gasteiger partial charge in [0.25, 0.3) is 6.43 Å². The number of imidazole rings is 1. The molecule has 10 heteroatoms. The summed E-state index contributed by atoms with van der Waals surface area (Å²) >= 11 is 12.6. The van der Waals surface area contributed by atoms with Crippen LogP contribution in [0.5, 0.6) is 0 Å². The molecular formula is C22H12Cl2F2N6. The SMILES string of the molecule is N#CCn1cc(-c2cnc3ccn4c(C(F)F)c(-c5c(Cl)cccc5Cl)nc4c3c2)cn1. The molecule has 158 valence electrons. The molecule has 0 N–H and O–H groups in total. The van der Waals surface area contributed by atoms with Gasteiger partial charge in [0, 0.05) is 40.7 Å². The molecule has 0 amide bonds. The lowest BCUT2D eigenvalue weighted by atomic mass is 10.1. The number of nitriles is 1. The van der Waals surface area contributed by atoms with Crippen molar-refractivity contribution < 1.29 is 8.78 Å². The molecule has 6 nitrogen and oxygen atoms in total. The van der Waals surface area contributed by atoms with Crippen LogP contribution in [0.15, 0.2) is 55.1 Å². The van der Waals surface area contributed by atoms with Gasteiger partial charge in [-0.25, -0.2) is 13.8 Å². The van der Waals surface area contributed by atoms with Gasteiger partial charge < -0.3 is 0 Å². The van der Waals surface area contributed by atoms with E-state index in [9.17, 15) is 8.78 Å². The molecule has 0 aliphatic carbocycles. The number of nitrogens with zero attached hydrogens (tertiary/aromatic N) is 6. The number of pyridine rings is 2. The number of hydrogen-bond donors (Lipinski definition) is 0. The molecule has 0 saturated heterocycles. The van der Waals surface area contributed by atoms with Crippen molar-refractivity contribution >= 4 is 39.8 Å². The van der Waals surface area contributed by atoms with Crippen molar-refractivity contribution in [1.29, 1.82) is 5.26 Å². The fourth-order valence-corrected chi connectivity index (χ4v) is 4.24. The topological polar surface area (TPSA) is 71.8 Å². The highest BCUT2D eigenvalue weighted by Crippen LogP contribution is 2.40. The van der Waals surface area contributed by atoms with Gasteiger partial charge in [0.1, 0.15) is 23.6 Å². The van der Waals surface area contributed by atoms with Crippen molar-refractivity contribution in [3.63, 3.8) is 0 Å². The second kappa shape index (κ2) is 7.86. The maximum atomic E-state index is 14.2. The largest absolute Gasteiger partial charge is 0.297 e. The van der Waals surface area contributed by atoms with Gasteiger partial charge >= 0.3 is 0 Å². The Morgan fingerprint density at radius 1 is 1.09 bits per heavy atom. The molecule has 5 rings (SSSR count). The molecule has 0 aliphatic heterocycles. The molecule has 0 unspecified atom stereocenters. The number of fused-ring (bicyclic) bond motifs is 3. The number of alkyl halides is 2. The highest BCUT2D eigenvalue weighted by atomic mass is 35.5. The minimum atomic E-state index is -2.81. The van der Waals surface area contributed by atoms with Gasteiger partial charge in [0.2, 0.25) is 0 Å². The standard InChI is InChI=1S/C22H12Cl2F2N6/c23-15-2-1-3-16(24)18(15)19-20(21(25)26)32-6-4-17-14(22(32)30-19)8-12(9-28-17)13-10-29-31(11-13)7-5-27/h1-4,6,8-11,21H,7H2. The summed E-state index contributed by atoms with van der Waals surface area (Å²) in [6.07, 6.45) is 3.70. The van der Waals surface area contributed by atoms with Crippen LogP contribution < -0.4 is 0 Å². The number of halogens is 4. The summed E-state index contributed by atoms with van der Waals surface area (Å²) in [4.78, 5) is 8.99. The van der Waals surface area contributed by atoms with Crippen molar-refractivity contribution in [2.24, 2.45) is 0 Å². The van der Waals surface area contributed by atoms with Gasteiger partial charge in [-0.05, 0) is 24.3 Å². The Bertz CT molecular complexity index is 1510. The van der Waals surface area contributed by atoms with Gasteiger partial charge in [-0.1, -0.05) is 29.3 Å². The minimum Gasteiger partial charge on any atom is -0.297 e. The van der Waals surface area contributed by atoms with Gasteiger partial charge in [0.15, 0.2) is 0 Å². The third-order valence-electron chi connectivity index (χ3n) is 5.09. The molecule has 1 aromatic carbocycles. The van der Waals surface area contributed by atoms with Crippen LogP contribution >= 0.6 is 23.2 Å². The quantitative estimate of drug-likeness (QED) is 0.315. The Kier molecular flexibility index (Phi) is 5.00. The van der Waals surface area contributed by atoms with Crippen LogP contribution in [0.1, 0.15) is 12.1 Å². The highest BCUT2D eigenvalue weighted by molar-refractivity contribution is 6.39. The first-order chi connectivity index (χ1) is 15.5. The smallest absolute Gasteiger partial charge is 0.280 e. The molecule has 4 aromatic heterocycles. The zero-order chi connectivity index (χ0) is 22.4. The Morgan fingerprint density at radius 2 is 1.88 bits per heavy atom. The number of hydrogen-bond acceptors (Lipinski definition) is 4. The molecule has 0 spiro atoms. The summed E-state index contributed by atoms with van der Waals surface area (Å²) in [6, 6.07) is 10.3. The first-order valence-electron chi connectivity index (χ1n) is 9.41. The third kappa shape index (κ3) is 3.27. The minimum absolute atomic E-state index is 0.0235. The second-order valence-corrected chi connectivity index (χ2v) is 7.81. The molecular weight excluding hydrogens is 457 g/mol. The fraction of sp³-hybridized carbons (Fsp3) is 0.0909. The summed E-state index contributed by atoms with van der Waals surface area (Å²) in [5, 5.41) is 14.0. The van der Waals surface area contributed by atoms with Crippen molar-refractivity contribution in [3.8, 4) is 28.5 Å². The zero-order valence-corrected chi connectivity index (χ0v) is 17.7. The fourth-order valence-electron chi connectivity index (χ4n) is 3.66. The summed E-state index contributed by atoms with van der Waals surface area (Å²) < 4.78 is 31.2. The Labute approximate surface area is 190 Å². The predicted molar refractivity (Wildman–Crippen MR) is 118 cm³/mol. The number of rotatable bonds is 4. The van der Waals surface area contributed by atoms with Crippen LogP contribution in [-0.2, 0) is 6.54 Å². The van der Waals surface area contributed by atoms with Crippen molar-refractivity contribution in [2.75, 3.05) is 0 Å². The second-order valence-electron chi connectivity index (χ2n) is 6.99. The monoisotopic (exact) mass is 468 g/mol. The average Bonchev–Trinajstić information content (AvgIpc) is 3.38. The van der Waals surface area contributed by atoms with Crippen LogP contribution in [0.4, 0.5) is 8.78 Å². The Hall–Kier alpha value is -3.54. The van der Waals surface area contributed by atoms with E-state index < -0.39 is 6.43 Å². The number of benzene rings is 1. The summed E-state index contributed by atoms with van der Waals surface area (Å²) in [5.41, 5.74) is 2.33. The van der Waals surface area contributed by atoms with E-state index in [1.54, 1.807) is 42.9 Å². The molecule has 0 aliphatic rings. The normalized spacial score (nSPS) is 11.5. The summed E-state index contributed by atoms with van der Waals surface area (Å²) in [7, 11) is 0. The van der Waals surface area contributed by atoms with Crippen molar-refractivity contribution in [2.45, 2.75) is 13.0 Å². The molecule has 5 aromatic rings. The molecule has 0 fully saturated rings. The Balaban J connectivity index is 1.78. The molecule has 0 atom stereocenters. The van der Waals surface area contributed by atoms with E-state index >= 15 is 0 Å². The van der Waals surface area contributed by atoms with Crippen LogP contribution in [0.25, 0.3) is 38.9 Å². The van der Waals surface area contributed by atoms with E-state index in [-0.39, 0.29) is 33.5 Å². The van der Waals surface area contributed by atoms with Gasteiger partial charge in [-0.3, -0.25) is 14.1 Å². The first kappa shape index (κ1) is 20.4. The third-order valence-corrected chi connectivity index (χ3v) is 5.72. The van der Waals surface area contributed by atoms with Crippen LogP contribution in [-0.4, -0.2) is 24.1 Å². The average molecular weight is 469 g/mol. The van der Waals surface area contributed by atoms with E-state index in [4.69, 9.17) is 28.5 Å². The van der Waals surface area contributed by atoms with Gasteiger partial charge in [0.05, 0.1) is 27.8 Å². The molecule has 0 bridgehead atoms. The van der Waals surface area contributed by atoms with Gasteiger partial charge in [-0.2, -0.15) is 10.4 Å². The number of aromatic nitrogens is 5. The lowest BCUT2D eigenvalue weighted by Gasteiger charge is -2.07.